The Bertz CT molecular complexity index is 417. The molecule has 0 unspecified atom stereocenters. The number of fused-ring (bicyclic) bond motifs is 1. The van der Waals surface area contributed by atoms with E-state index in [0.29, 0.717) is 5.56 Å². The Balaban J connectivity index is 1.35. The van der Waals surface area contributed by atoms with Crippen LogP contribution >= 0.6 is 0 Å². The third-order valence-electron chi connectivity index (χ3n) is 4.42. The lowest BCUT2D eigenvalue weighted by Gasteiger charge is -2.28. The smallest absolute Gasteiger partial charge is 0.233 e. The van der Waals surface area contributed by atoms with E-state index in [-0.39, 0.29) is 0 Å². The molecule has 2 aliphatic rings. The SMILES string of the molecule is O=[C]c1ccc(OCCCN2C[C@H]3CC[C@H]3C2)cc1. The van der Waals surface area contributed by atoms with Gasteiger partial charge >= 0.3 is 0 Å². The third kappa shape index (κ3) is 2.98. The van der Waals surface area contributed by atoms with E-state index in [4.69, 9.17) is 4.74 Å². The number of hydrogen-bond donors (Lipinski definition) is 0. The lowest BCUT2D eigenvalue weighted by atomic mass is 9.77. The summed E-state index contributed by atoms with van der Waals surface area (Å²) >= 11 is 0. The summed E-state index contributed by atoms with van der Waals surface area (Å²) in [6.07, 6.45) is 5.82. The molecular weight excluding hydrogens is 238 g/mol. The highest BCUT2D eigenvalue weighted by Crippen LogP contribution is 2.40. The number of benzene rings is 1. The Kier molecular flexibility index (Phi) is 3.83. The normalized spacial score (nSPS) is 25.7. The molecule has 2 fully saturated rings. The predicted octanol–water partition coefficient (Wildman–Crippen LogP) is 2.26. The minimum absolute atomic E-state index is 0.569. The lowest BCUT2D eigenvalue weighted by molar-refractivity contribution is 0.243. The van der Waals surface area contributed by atoms with Crippen LogP contribution in [-0.2, 0) is 4.79 Å². The molecule has 1 saturated carbocycles. The van der Waals surface area contributed by atoms with Gasteiger partial charge < -0.3 is 9.64 Å². The molecule has 101 valence electrons. The average molecular weight is 258 g/mol. The fourth-order valence-electron chi connectivity index (χ4n) is 3.14. The van der Waals surface area contributed by atoms with E-state index in [1.165, 1.54) is 25.9 Å². The number of rotatable bonds is 6. The summed E-state index contributed by atoms with van der Waals surface area (Å²) in [5.41, 5.74) is 0.569. The summed E-state index contributed by atoms with van der Waals surface area (Å²) in [4.78, 5) is 13.0. The van der Waals surface area contributed by atoms with Crippen molar-refractivity contribution >= 4 is 6.29 Å². The largest absolute Gasteiger partial charge is 0.494 e. The molecule has 1 radical (unpaired) electrons. The van der Waals surface area contributed by atoms with Gasteiger partial charge in [-0.2, -0.15) is 0 Å². The summed E-state index contributed by atoms with van der Waals surface area (Å²) in [7, 11) is 0. The minimum Gasteiger partial charge on any atom is -0.494 e. The van der Waals surface area contributed by atoms with E-state index < -0.39 is 0 Å². The second-order valence-electron chi connectivity index (χ2n) is 5.69. The van der Waals surface area contributed by atoms with Gasteiger partial charge in [0, 0.05) is 25.2 Å². The van der Waals surface area contributed by atoms with Gasteiger partial charge in [-0.05, 0) is 55.4 Å². The first kappa shape index (κ1) is 12.7. The van der Waals surface area contributed by atoms with E-state index in [1.807, 2.05) is 18.4 Å². The molecule has 1 saturated heterocycles. The Morgan fingerprint density at radius 3 is 2.42 bits per heavy atom. The molecule has 1 aromatic carbocycles. The number of ether oxygens (including phenoxy) is 1. The van der Waals surface area contributed by atoms with Crippen LogP contribution in [0.4, 0.5) is 0 Å². The highest BCUT2D eigenvalue weighted by molar-refractivity contribution is 5.75. The summed E-state index contributed by atoms with van der Waals surface area (Å²) in [5, 5.41) is 0. The molecule has 19 heavy (non-hydrogen) atoms. The summed E-state index contributed by atoms with van der Waals surface area (Å²) in [5.74, 6) is 2.82. The van der Waals surface area contributed by atoms with Crippen LogP contribution < -0.4 is 4.74 Å². The average Bonchev–Trinajstić information content (AvgIpc) is 2.71. The molecule has 3 rings (SSSR count). The molecule has 0 N–H and O–H groups in total. The number of likely N-dealkylation sites (tertiary alicyclic amines) is 1. The Labute approximate surface area is 114 Å². The van der Waals surface area contributed by atoms with Crippen molar-refractivity contribution in [1.82, 2.24) is 4.90 Å². The van der Waals surface area contributed by atoms with Crippen molar-refractivity contribution in [3.05, 3.63) is 29.8 Å². The van der Waals surface area contributed by atoms with Crippen LogP contribution in [0.3, 0.4) is 0 Å². The van der Waals surface area contributed by atoms with Crippen LogP contribution in [0.1, 0.15) is 24.8 Å². The zero-order valence-corrected chi connectivity index (χ0v) is 11.2. The quantitative estimate of drug-likeness (QED) is 0.733. The Hall–Kier alpha value is -1.35. The van der Waals surface area contributed by atoms with Crippen LogP contribution in [0.2, 0.25) is 0 Å². The highest BCUT2D eigenvalue weighted by atomic mass is 16.5. The number of hydrogen-bond acceptors (Lipinski definition) is 3. The highest BCUT2D eigenvalue weighted by Gasteiger charge is 2.38. The van der Waals surface area contributed by atoms with Gasteiger partial charge in [0.1, 0.15) is 5.75 Å². The van der Waals surface area contributed by atoms with Gasteiger partial charge in [0.05, 0.1) is 6.61 Å². The van der Waals surface area contributed by atoms with Crippen LogP contribution in [0, 0.1) is 11.8 Å². The molecule has 0 aromatic heterocycles. The van der Waals surface area contributed by atoms with Crippen molar-refractivity contribution in [2.45, 2.75) is 19.3 Å². The minimum atomic E-state index is 0.569. The maximum absolute atomic E-state index is 10.4. The molecule has 0 bridgehead atoms. The molecule has 1 aliphatic heterocycles. The van der Waals surface area contributed by atoms with Crippen LogP contribution in [0.25, 0.3) is 0 Å². The maximum Gasteiger partial charge on any atom is 0.233 e. The van der Waals surface area contributed by atoms with Crippen molar-refractivity contribution < 1.29 is 9.53 Å². The molecule has 3 nitrogen and oxygen atoms in total. The van der Waals surface area contributed by atoms with Crippen molar-refractivity contribution in [2.75, 3.05) is 26.2 Å². The molecule has 0 spiro atoms. The first-order chi connectivity index (χ1) is 9.35. The van der Waals surface area contributed by atoms with Gasteiger partial charge in [-0.25, -0.2) is 0 Å². The van der Waals surface area contributed by atoms with Crippen LogP contribution in [0.15, 0.2) is 24.3 Å². The standard InChI is InChI=1S/C16H20NO2/c18-12-13-2-6-16(7-3-13)19-9-1-8-17-10-14-4-5-15(14)11-17/h2-3,6-7,14-15H,1,4-5,8-11H2/t14-,15+. The topological polar surface area (TPSA) is 29.5 Å². The fourth-order valence-corrected chi connectivity index (χ4v) is 3.14. The molecule has 1 aromatic rings. The zero-order valence-electron chi connectivity index (χ0n) is 11.2. The first-order valence-corrected chi connectivity index (χ1v) is 7.18. The van der Waals surface area contributed by atoms with Gasteiger partial charge in [0.15, 0.2) is 0 Å². The van der Waals surface area contributed by atoms with Gasteiger partial charge in [-0.15, -0.1) is 0 Å². The summed E-state index contributed by atoms with van der Waals surface area (Å²) in [6.45, 7) is 4.49. The zero-order chi connectivity index (χ0) is 13.1. The van der Waals surface area contributed by atoms with Crippen molar-refractivity contribution in [3.8, 4) is 5.75 Å². The lowest BCUT2D eigenvalue weighted by Crippen LogP contribution is -2.23. The van der Waals surface area contributed by atoms with E-state index in [0.717, 1.165) is 37.2 Å². The van der Waals surface area contributed by atoms with E-state index in [9.17, 15) is 4.79 Å². The van der Waals surface area contributed by atoms with Gasteiger partial charge in [-0.3, -0.25) is 4.79 Å². The first-order valence-electron chi connectivity index (χ1n) is 7.18. The Morgan fingerprint density at radius 1 is 1.16 bits per heavy atom. The summed E-state index contributed by atoms with van der Waals surface area (Å²) < 4.78 is 5.68. The third-order valence-corrected chi connectivity index (χ3v) is 4.42. The molecular formula is C16H20NO2. The van der Waals surface area contributed by atoms with Gasteiger partial charge in [0.25, 0.3) is 0 Å². The second-order valence-corrected chi connectivity index (χ2v) is 5.69. The van der Waals surface area contributed by atoms with Crippen molar-refractivity contribution in [2.24, 2.45) is 11.8 Å². The predicted molar refractivity (Wildman–Crippen MR) is 74.0 cm³/mol. The monoisotopic (exact) mass is 258 g/mol. The van der Waals surface area contributed by atoms with Crippen molar-refractivity contribution in [1.29, 1.82) is 0 Å². The van der Waals surface area contributed by atoms with Crippen LogP contribution in [-0.4, -0.2) is 37.4 Å². The van der Waals surface area contributed by atoms with Crippen molar-refractivity contribution in [3.63, 3.8) is 0 Å². The fraction of sp³-hybridized carbons (Fsp3) is 0.562. The van der Waals surface area contributed by atoms with E-state index >= 15 is 0 Å². The molecule has 2 atom stereocenters. The molecule has 1 aliphatic carbocycles. The number of carbonyl (C=O) groups excluding carboxylic acids is 1. The summed E-state index contributed by atoms with van der Waals surface area (Å²) in [6, 6.07) is 7.13. The Morgan fingerprint density at radius 2 is 1.84 bits per heavy atom. The molecule has 1 heterocycles. The molecule has 3 heteroatoms. The molecule has 0 amide bonds. The van der Waals surface area contributed by atoms with Gasteiger partial charge in [-0.1, -0.05) is 0 Å². The van der Waals surface area contributed by atoms with Crippen LogP contribution in [0.5, 0.6) is 5.75 Å². The van der Waals surface area contributed by atoms with E-state index in [2.05, 4.69) is 4.90 Å². The van der Waals surface area contributed by atoms with Gasteiger partial charge in [0.2, 0.25) is 6.29 Å². The maximum atomic E-state index is 10.4. The number of nitrogens with zero attached hydrogens (tertiary/aromatic N) is 1. The second kappa shape index (κ2) is 5.74. The van der Waals surface area contributed by atoms with E-state index in [1.54, 1.807) is 12.1 Å².